The summed E-state index contributed by atoms with van der Waals surface area (Å²) in [5.74, 6) is 0.359. The molecule has 8 nitrogen and oxygen atoms in total. The Morgan fingerprint density at radius 2 is 1.85 bits per heavy atom. The van der Waals surface area contributed by atoms with Crippen molar-refractivity contribution in [1.82, 2.24) is 4.57 Å². The summed E-state index contributed by atoms with van der Waals surface area (Å²) < 4.78 is 46.3. The van der Waals surface area contributed by atoms with Crippen LogP contribution in [0.15, 0.2) is 23.1 Å². The Labute approximate surface area is 158 Å². The highest BCUT2D eigenvalue weighted by molar-refractivity contribution is 7.92. The first kappa shape index (κ1) is 19.1. The molecule has 0 radical (unpaired) electrons. The number of nitrogens with zero attached hydrogens (tertiary/aromatic N) is 1. The monoisotopic (exact) mass is 394 g/mol. The number of carbonyl (C=O) groups is 1. The minimum atomic E-state index is -4.03. The summed E-state index contributed by atoms with van der Waals surface area (Å²) in [6.45, 7) is 6.00. The average molecular weight is 394 g/mol. The third-order valence-corrected chi connectivity index (χ3v) is 6.01. The van der Waals surface area contributed by atoms with Crippen molar-refractivity contribution in [2.45, 2.75) is 25.7 Å². The molecule has 2 aromatic rings. The van der Waals surface area contributed by atoms with Crippen LogP contribution in [-0.4, -0.2) is 38.8 Å². The normalized spacial score (nSPS) is 13.3. The van der Waals surface area contributed by atoms with Gasteiger partial charge < -0.3 is 18.8 Å². The fourth-order valence-electron chi connectivity index (χ4n) is 3.00. The summed E-state index contributed by atoms with van der Waals surface area (Å²) in [6.07, 6.45) is 0. The molecule has 0 saturated heterocycles. The molecule has 0 unspecified atom stereocenters. The molecule has 0 saturated carbocycles. The van der Waals surface area contributed by atoms with Gasteiger partial charge in [0.25, 0.3) is 10.0 Å². The van der Waals surface area contributed by atoms with Gasteiger partial charge in [-0.2, -0.15) is 0 Å². The fourth-order valence-corrected chi connectivity index (χ4v) is 4.57. The largest absolute Gasteiger partial charge is 0.486 e. The van der Waals surface area contributed by atoms with Gasteiger partial charge in [0.05, 0.1) is 12.3 Å². The van der Waals surface area contributed by atoms with Crippen molar-refractivity contribution < 1.29 is 27.4 Å². The second kappa shape index (κ2) is 7.15. The molecule has 1 aromatic heterocycles. The Kier molecular flexibility index (Phi) is 5.05. The Balaban J connectivity index is 2.03. The maximum atomic E-state index is 13.1. The molecule has 27 heavy (non-hydrogen) atoms. The van der Waals surface area contributed by atoms with Crippen molar-refractivity contribution in [3.8, 4) is 11.5 Å². The zero-order valence-corrected chi connectivity index (χ0v) is 16.5. The molecule has 0 spiro atoms. The minimum absolute atomic E-state index is 0.0434. The Morgan fingerprint density at radius 1 is 1.19 bits per heavy atom. The summed E-state index contributed by atoms with van der Waals surface area (Å²) >= 11 is 0. The lowest BCUT2D eigenvalue weighted by molar-refractivity contribution is 0.0521. The van der Waals surface area contributed by atoms with Gasteiger partial charge >= 0.3 is 5.97 Å². The second-order valence-corrected chi connectivity index (χ2v) is 7.74. The first-order valence-electron chi connectivity index (χ1n) is 8.51. The average Bonchev–Trinajstić information content (AvgIpc) is 2.86. The number of rotatable bonds is 5. The molecule has 1 aromatic carbocycles. The molecule has 146 valence electrons. The Hall–Kier alpha value is -2.68. The van der Waals surface area contributed by atoms with E-state index in [-0.39, 0.29) is 17.1 Å². The van der Waals surface area contributed by atoms with Crippen molar-refractivity contribution in [2.75, 3.05) is 24.5 Å². The van der Waals surface area contributed by atoms with E-state index in [1.807, 2.05) is 0 Å². The molecule has 0 aliphatic carbocycles. The number of hydrogen-bond acceptors (Lipinski definition) is 6. The van der Waals surface area contributed by atoms with Gasteiger partial charge in [-0.15, -0.1) is 0 Å². The van der Waals surface area contributed by atoms with Crippen LogP contribution in [0.1, 0.15) is 28.7 Å². The number of hydrogen-bond donors (Lipinski definition) is 1. The predicted molar refractivity (Wildman–Crippen MR) is 99.1 cm³/mol. The summed E-state index contributed by atoms with van der Waals surface area (Å²) in [6, 6.07) is 4.78. The lowest BCUT2D eigenvalue weighted by atomic mass is 10.2. The lowest BCUT2D eigenvalue weighted by Gasteiger charge is -2.19. The zero-order valence-electron chi connectivity index (χ0n) is 15.7. The molecule has 0 atom stereocenters. The summed E-state index contributed by atoms with van der Waals surface area (Å²) in [7, 11) is -2.33. The van der Waals surface area contributed by atoms with Crippen LogP contribution in [0.5, 0.6) is 11.5 Å². The minimum Gasteiger partial charge on any atom is -0.486 e. The number of ether oxygens (including phenoxy) is 3. The van der Waals surface area contributed by atoms with Crippen LogP contribution in [0, 0.1) is 13.8 Å². The first-order chi connectivity index (χ1) is 12.8. The zero-order chi connectivity index (χ0) is 19.8. The van der Waals surface area contributed by atoms with Gasteiger partial charge in [-0.25, -0.2) is 13.2 Å². The van der Waals surface area contributed by atoms with E-state index in [0.29, 0.717) is 41.8 Å². The molecule has 3 rings (SSSR count). The van der Waals surface area contributed by atoms with Gasteiger partial charge in [0.1, 0.15) is 23.7 Å². The Morgan fingerprint density at radius 3 is 2.52 bits per heavy atom. The molecular formula is C18H22N2O6S. The van der Waals surface area contributed by atoms with Crippen LogP contribution in [0.25, 0.3) is 0 Å². The van der Waals surface area contributed by atoms with Crippen molar-refractivity contribution >= 4 is 21.7 Å². The van der Waals surface area contributed by atoms with Gasteiger partial charge in [0.2, 0.25) is 0 Å². The number of esters is 1. The third-order valence-electron chi connectivity index (χ3n) is 4.47. The van der Waals surface area contributed by atoms with E-state index >= 15 is 0 Å². The topological polar surface area (TPSA) is 95.9 Å². The van der Waals surface area contributed by atoms with E-state index in [4.69, 9.17) is 14.2 Å². The van der Waals surface area contributed by atoms with Crippen LogP contribution in [0.2, 0.25) is 0 Å². The van der Waals surface area contributed by atoms with Crippen LogP contribution >= 0.6 is 0 Å². The molecule has 9 heteroatoms. The lowest BCUT2D eigenvalue weighted by Crippen LogP contribution is -2.19. The van der Waals surface area contributed by atoms with Gasteiger partial charge in [-0.05, 0) is 32.9 Å². The maximum absolute atomic E-state index is 13.1. The number of sulfonamides is 1. The molecule has 0 bridgehead atoms. The molecule has 2 heterocycles. The van der Waals surface area contributed by atoms with E-state index in [1.54, 1.807) is 50.6 Å². The van der Waals surface area contributed by atoms with E-state index in [2.05, 4.69) is 4.72 Å². The van der Waals surface area contributed by atoms with E-state index in [9.17, 15) is 13.2 Å². The number of nitrogens with one attached hydrogen (secondary N) is 1. The predicted octanol–water partition coefficient (Wildman–Crippen LogP) is 2.39. The SMILES string of the molecule is CCOC(=O)c1c(S(=O)(=O)Nc2ccc3c(c2)OCCO3)c(C)n(C)c1C. The van der Waals surface area contributed by atoms with Gasteiger partial charge in [-0.1, -0.05) is 0 Å². The number of anilines is 1. The highest BCUT2D eigenvalue weighted by atomic mass is 32.2. The highest BCUT2D eigenvalue weighted by Gasteiger charge is 2.31. The van der Waals surface area contributed by atoms with Gasteiger partial charge in [0, 0.05) is 24.5 Å². The summed E-state index contributed by atoms with van der Waals surface area (Å²) in [5, 5.41) is 0. The highest BCUT2D eigenvalue weighted by Crippen LogP contribution is 2.34. The number of carbonyl (C=O) groups excluding carboxylic acids is 1. The number of benzene rings is 1. The van der Waals surface area contributed by atoms with Crippen LogP contribution in [0.3, 0.4) is 0 Å². The van der Waals surface area contributed by atoms with Crippen molar-refractivity contribution in [3.63, 3.8) is 0 Å². The maximum Gasteiger partial charge on any atom is 0.341 e. The molecule has 1 N–H and O–H groups in total. The standard InChI is InChI=1S/C18H22N2O6S/c1-5-24-18(21)16-11(2)20(4)12(3)17(16)27(22,23)19-13-6-7-14-15(10-13)26-9-8-25-14/h6-7,10,19H,5,8-9H2,1-4H3. The first-order valence-corrected chi connectivity index (χ1v) is 10.00. The van der Waals surface area contributed by atoms with Crippen molar-refractivity contribution in [1.29, 1.82) is 0 Å². The van der Waals surface area contributed by atoms with Crippen LogP contribution in [-0.2, 0) is 21.8 Å². The summed E-state index contributed by atoms with van der Waals surface area (Å²) in [5.41, 5.74) is 1.32. The quantitative estimate of drug-likeness (QED) is 0.783. The molecule has 0 amide bonds. The van der Waals surface area contributed by atoms with Crippen molar-refractivity contribution in [3.05, 3.63) is 35.2 Å². The molecule has 0 fully saturated rings. The van der Waals surface area contributed by atoms with E-state index in [0.717, 1.165) is 0 Å². The van der Waals surface area contributed by atoms with Crippen LogP contribution < -0.4 is 14.2 Å². The number of aromatic nitrogens is 1. The smallest absolute Gasteiger partial charge is 0.341 e. The van der Waals surface area contributed by atoms with Crippen LogP contribution in [0.4, 0.5) is 5.69 Å². The molecule has 1 aliphatic heterocycles. The summed E-state index contributed by atoms with van der Waals surface area (Å²) in [4.78, 5) is 12.3. The second-order valence-electron chi connectivity index (χ2n) is 6.12. The van der Waals surface area contributed by atoms with Gasteiger partial charge in [-0.3, -0.25) is 4.72 Å². The Bertz CT molecular complexity index is 994. The fraction of sp³-hybridized carbons (Fsp3) is 0.389. The van der Waals surface area contributed by atoms with Gasteiger partial charge in [0.15, 0.2) is 11.5 Å². The van der Waals surface area contributed by atoms with Crippen molar-refractivity contribution in [2.24, 2.45) is 7.05 Å². The van der Waals surface area contributed by atoms with E-state index in [1.165, 1.54) is 0 Å². The third kappa shape index (κ3) is 3.46. The number of fused-ring (bicyclic) bond motifs is 1. The molecular weight excluding hydrogens is 372 g/mol. The molecule has 1 aliphatic rings. The van der Waals surface area contributed by atoms with E-state index < -0.39 is 16.0 Å².